The maximum Gasteiger partial charge on any atom is 0.417 e. The Kier molecular flexibility index (Phi) is 8.76. The van der Waals surface area contributed by atoms with Gasteiger partial charge in [0.25, 0.3) is 0 Å². The average Bonchev–Trinajstić information content (AvgIpc) is 2.92. The van der Waals surface area contributed by atoms with Crippen LogP contribution in [0.25, 0.3) is 16.7 Å². The predicted molar refractivity (Wildman–Crippen MR) is 145 cm³/mol. The topological polar surface area (TPSA) is 46.5 Å². The van der Waals surface area contributed by atoms with Crippen molar-refractivity contribution in [2.45, 2.75) is 24.1 Å². The Morgan fingerprint density at radius 3 is 2.08 bits per heavy atom. The normalized spacial score (nSPS) is 12.7. The average molecular weight is 553 g/mol. The van der Waals surface area contributed by atoms with E-state index in [4.69, 9.17) is 9.84 Å². The molecule has 0 aliphatic rings. The molecule has 0 amide bonds. The van der Waals surface area contributed by atoms with Crippen molar-refractivity contribution in [1.29, 1.82) is 0 Å². The highest BCUT2D eigenvalue weighted by Gasteiger charge is 2.33. The van der Waals surface area contributed by atoms with Crippen LogP contribution in [0.1, 0.15) is 23.6 Å². The fourth-order valence-corrected chi connectivity index (χ4v) is 4.70. The quantitative estimate of drug-likeness (QED) is 0.167. The monoisotopic (exact) mass is 552 g/mol. The van der Waals surface area contributed by atoms with Gasteiger partial charge >= 0.3 is 12.1 Å². The van der Waals surface area contributed by atoms with Gasteiger partial charge in [-0.05, 0) is 77.2 Å². The Labute approximate surface area is 227 Å². The molecular weight excluding hydrogens is 528 g/mol. The largest absolute Gasteiger partial charge is 0.479 e. The first-order valence-corrected chi connectivity index (χ1v) is 13.0. The van der Waals surface area contributed by atoms with Crippen molar-refractivity contribution in [3.8, 4) is 16.9 Å². The predicted octanol–water partition coefficient (Wildman–Crippen LogP) is 8.59. The van der Waals surface area contributed by atoms with E-state index in [9.17, 15) is 22.4 Å². The van der Waals surface area contributed by atoms with E-state index in [0.717, 1.165) is 27.7 Å². The molecule has 0 aliphatic carbocycles. The molecule has 1 unspecified atom stereocenters. The Bertz CT molecular complexity index is 1450. The number of hydrogen-bond acceptors (Lipinski definition) is 3. The molecule has 3 nitrogen and oxygen atoms in total. The molecule has 4 rings (SSSR count). The molecule has 0 radical (unpaired) electrons. The van der Waals surface area contributed by atoms with Crippen molar-refractivity contribution in [3.05, 3.63) is 126 Å². The van der Waals surface area contributed by atoms with E-state index in [-0.39, 0.29) is 11.4 Å². The lowest BCUT2D eigenvalue weighted by Crippen LogP contribution is -2.22. The first kappa shape index (κ1) is 28.0. The van der Waals surface area contributed by atoms with Gasteiger partial charge in [0, 0.05) is 10.6 Å². The Hall–Kier alpha value is -4.04. The van der Waals surface area contributed by atoms with E-state index in [2.05, 4.69) is 0 Å². The second-order valence-corrected chi connectivity index (χ2v) is 9.72. The minimum absolute atomic E-state index is 0.101. The Morgan fingerprint density at radius 2 is 1.49 bits per heavy atom. The fourth-order valence-electron chi connectivity index (χ4n) is 3.93. The molecule has 200 valence electrons. The van der Waals surface area contributed by atoms with Crippen molar-refractivity contribution in [1.82, 2.24) is 0 Å². The lowest BCUT2D eigenvalue weighted by molar-refractivity contribution is -0.144. The lowest BCUT2D eigenvalue weighted by atomic mass is 9.94. The molecule has 0 aromatic heterocycles. The molecule has 0 bridgehead atoms. The summed E-state index contributed by atoms with van der Waals surface area (Å²) in [5.74, 6) is -0.420. The molecule has 0 heterocycles. The van der Waals surface area contributed by atoms with Gasteiger partial charge in [-0.25, -0.2) is 9.18 Å². The third kappa shape index (κ3) is 7.29. The number of ether oxygens (including phenoxy) is 1. The summed E-state index contributed by atoms with van der Waals surface area (Å²) in [6.07, 6.45) is -3.45. The van der Waals surface area contributed by atoms with Crippen LogP contribution in [0.3, 0.4) is 0 Å². The number of carbonyl (C=O) groups is 1. The van der Waals surface area contributed by atoms with E-state index in [1.54, 1.807) is 54.6 Å². The lowest BCUT2D eigenvalue weighted by Gasteiger charge is -2.14. The number of benzene rings is 4. The minimum atomic E-state index is -4.47. The molecule has 0 fully saturated rings. The van der Waals surface area contributed by atoms with Crippen molar-refractivity contribution < 1.29 is 32.2 Å². The van der Waals surface area contributed by atoms with Gasteiger partial charge in [0.1, 0.15) is 11.6 Å². The zero-order valence-corrected chi connectivity index (χ0v) is 21.6. The summed E-state index contributed by atoms with van der Waals surface area (Å²) < 4.78 is 59.5. The highest BCUT2D eigenvalue weighted by atomic mass is 32.2. The van der Waals surface area contributed by atoms with Crippen LogP contribution in [0.15, 0.2) is 108 Å². The molecule has 4 aromatic carbocycles. The van der Waals surface area contributed by atoms with Crippen molar-refractivity contribution >= 4 is 23.3 Å². The second kappa shape index (κ2) is 12.2. The molecule has 4 aromatic rings. The van der Waals surface area contributed by atoms with Gasteiger partial charge in [-0.3, -0.25) is 0 Å². The van der Waals surface area contributed by atoms with Crippen molar-refractivity contribution in [2.75, 3.05) is 5.75 Å². The molecule has 0 saturated heterocycles. The van der Waals surface area contributed by atoms with Crippen LogP contribution in [-0.2, 0) is 11.0 Å². The van der Waals surface area contributed by atoms with Crippen LogP contribution in [-0.4, -0.2) is 22.9 Å². The van der Waals surface area contributed by atoms with Gasteiger partial charge in [-0.2, -0.15) is 13.2 Å². The van der Waals surface area contributed by atoms with E-state index in [1.807, 2.05) is 18.2 Å². The summed E-state index contributed by atoms with van der Waals surface area (Å²) in [7, 11) is 0. The van der Waals surface area contributed by atoms with Crippen LogP contribution >= 0.6 is 11.8 Å². The first-order chi connectivity index (χ1) is 18.6. The smallest absolute Gasteiger partial charge is 0.417 e. The zero-order valence-electron chi connectivity index (χ0n) is 20.8. The molecule has 8 heteroatoms. The van der Waals surface area contributed by atoms with Crippen LogP contribution < -0.4 is 4.74 Å². The third-order valence-electron chi connectivity index (χ3n) is 5.92. The SMILES string of the molecule is CC(Oc1ccc(SCC=C(c2ccc(F)cc2)c2ccc(-c3ccccc3C(F)(F)F)cc2)cc1)C(=O)O. The molecule has 1 N–H and O–H groups in total. The molecule has 0 aliphatic heterocycles. The highest BCUT2D eigenvalue weighted by Crippen LogP contribution is 2.37. The maximum atomic E-state index is 13.6. The number of carboxylic acid groups (broad SMARTS) is 1. The molecule has 0 saturated carbocycles. The number of thioether (sulfide) groups is 1. The number of hydrogen-bond donors (Lipinski definition) is 1. The maximum absolute atomic E-state index is 13.6. The van der Waals surface area contributed by atoms with E-state index < -0.39 is 23.8 Å². The van der Waals surface area contributed by atoms with Gasteiger partial charge < -0.3 is 9.84 Å². The van der Waals surface area contributed by atoms with Gasteiger partial charge in [0.15, 0.2) is 6.10 Å². The molecule has 0 spiro atoms. The van der Waals surface area contributed by atoms with E-state index in [1.165, 1.54) is 43.0 Å². The fraction of sp³-hybridized carbons (Fsp3) is 0.129. The van der Waals surface area contributed by atoms with Gasteiger partial charge in [0.2, 0.25) is 0 Å². The van der Waals surface area contributed by atoms with Crippen molar-refractivity contribution in [3.63, 3.8) is 0 Å². The first-order valence-electron chi connectivity index (χ1n) is 12.0. The number of rotatable bonds is 9. The molecular formula is C31H24F4O3S. The van der Waals surface area contributed by atoms with Crippen LogP contribution in [0.5, 0.6) is 5.75 Å². The van der Waals surface area contributed by atoms with Crippen LogP contribution in [0.2, 0.25) is 0 Å². The van der Waals surface area contributed by atoms with Gasteiger partial charge in [-0.15, -0.1) is 11.8 Å². The minimum Gasteiger partial charge on any atom is -0.479 e. The number of carboxylic acids is 1. The Morgan fingerprint density at radius 1 is 0.897 bits per heavy atom. The van der Waals surface area contributed by atoms with Gasteiger partial charge in [-0.1, -0.05) is 60.7 Å². The van der Waals surface area contributed by atoms with E-state index in [0.29, 0.717) is 17.1 Å². The molecule has 1 atom stereocenters. The van der Waals surface area contributed by atoms with E-state index >= 15 is 0 Å². The highest BCUT2D eigenvalue weighted by molar-refractivity contribution is 7.99. The summed E-state index contributed by atoms with van der Waals surface area (Å²) in [6.45, 7) is 1.45. The third-order valence-corrected chi connectivity index (χ3v) is 6.86. The number of alkyl halides is 3. The summed E-state index contributed by atoms with van der Waals surface area (Å²) in [6, 6.07) is 25.4. The second-order valence-electron chi connectivity index (χ2n) is 8.63. The summed E-state index contributed by atoms with van der Waals surface area (Å²) in [4.78, 5) is 11.9. The number of aliphatic carboxylic acids is 1. The number of halogens is 4. The summed E-state index contributed by atoms with van der Waals surface area (Å²) in [5.41, 5.74) is 2.21. The Balaban J connectivity index is 1.57. The van der Waals surface area contributed by atoms with Crippen molar-refractivity contribution in [2.24, 2.45) is 0 Å². The molecule has 39 heavy (non-hydrogen) atoms. The van der Waals surface area contributed by atoms with Crippen LogP contribution in [0.4, 0.5) is 17.6 Å². The summed E-state index contributed by atoms with van der Waals surface area (Å²) in [5, 5.41) is 8.99. The summed E-state index contributed by atoms with van der Waals surface area (Å²) >= 11 is 1.53. The standard InChI is InChI=1S/C31H24F4O3S/c1-20(30(36)37)38-25-14-16-26(17-15-25)39-19-18-27(22-10-12-24(32)13-11-22)21-6-8-23(9-7-21)28-4-2-3-5-29(28)31(33,34)35/h2-18,20H,19H2,1H3,(H,36,37). The van der Waals surface area contributed by atoms with Crippen LogP contribution in [0, 0.1) is 5.82 Å². The zero-order chi connectivity index (χ0) is 28.0. The van der Waals surface area contributed by atoms with Gasteiger partial charge in [0.05, 0.1) is 5.56 Å².